The minimum Gasteiger partial charge on any atom is -0.439 e. The maximum atomic E-state index is 12.9. The second kappa shape index (κ2) is 7.73. The molecule has 1 aromatic carbocycles. The maximum Gasteiger partial charge on any atom is 0.267 e. The Hall–Kier alpha value is -3.29. The number of pyridine rings is 1. The van der Waals surface area contributed by atoms with Crippen molar-refractivity contribution in [2.24, 2.45) is 5.10 Å². The Balaban J connectivity index is 1.54. The van der Waals surface area contributed by atoms with Crippen LogP contribution in [0.1, 0.15) is 18.4 Å². The predicted molar refractivity (Wildman–Crippen MR) is 92.0 cm³/mol. The normalized spacial score (nSPS) is 14.0. The Morgan fingerprint density at radius 2 is 2.00 bits per heavy atom. The molecule has 1 N–H and O–H groups in total. The van der Waals surface area contributed by atoms with Gasteiger partial charge in [-0.3, -0.25) is 9.59 Å². The quantitative estimate of drug-likeness (QED) is 0.890. The molecule has 0 saturated heterocycles. The maximum absolute atomic E-state index is 12.9. The summed E-state index contributed by atoms with van der Waals surface area (Å²) in [5, 5.41) is 7.90. The molecular weight excluding hydrogens is 339 g/mol. The van der Waals surface area contributed by atoms with Gasteiger partial charge >= 0.3 is 0 Å². The molecule has 26 heavy (non-hydrogen) atoms. The highest BCUT2D eigenvalue weighted by atomic mass is 19.1. The van der Waals surface area contributed by atoms with Crippen molar-refractivity contribution < 1.29 is 18.7 Å². The lowest BCUT2D eigenvalue weighted by Crippen LogP contribution is -2.37. The summed E-state index contributed by atoms with van der Waals surface area (Å²) in [4.78, 5) is 27.6. The monoisotopic (exact) mass is 356 g/mol. The van der Waals surface area contributed by atoms with Crippen molar-refractivity contribution in [3.8, 4) is 11.6 Å². The van der Waals surface area contributed by atoms with Crippen LogP contribution in [0.3, 0.4) is 0 Å². The molecular formula is C18H17FN4O3. The minimum atomic E-state index is -0.338. The van der Waals surface area contributed by atoms with Crippen LogP contribution < -0.4 is 10.1 Å². The number of amides is 2. The summed E-state index contributed by atoms with van der Waals surface area (Å²) in [6.45, 7) is 0.277. The first-order valence-corrected chi connectivity index (χ1v) is 8.02. The van der Waals surface area contributed by atoms with Gasteiger partial charge in [0.2, 0.25) is 11.8 Å². The van der Waals surface area contributed by atoms with Crippen LogP contribution in [0.4, 0.5) is 4.39 Å². The molecule has 0 bridgehead atoms. The van der Waals surface area contributed by atoms with E-state index in [-0.39, 0.29) is 30.6 Å². The number of benzene rings is 1. The van der Waals surface area contributed by atoms with E-state index in [9.17, 15) is 14.0 Å². The zero-order chi connectivity index (χ0) is 18.5. The Morgan fingerprint density at radius 1 is 1.23 bits per heavy atom. The van der Waals surface area contributed by atoms with E-state index in [2.05, 4.69) is 15.4 Å². The molecule has 0 atom stereocenters. The van der Waals surface area contributed by atoms with E-state index < -0.39 is 0 Å². The molecule has 0 spiro atoms. The molecule has 0 saturated carbocycles. The zero-order valence-electron chi connectivity index (χ0n) is 14.1. The molecule has 134 valence electrons. The number of hydrogen-bond acceptors (Lipinski definition) is 5. The summed E-state index contributed by atoms with van der Waals surface area (Å²) in [6, 6.07) is 9.06. The van der Waals surface area contributed by atoms with Crippen LogP contribution in [0.2, 0.25) is 0 Å². The van der Waals surface area contributed by atoms with E-state index in [1.807, 2.05) is 0 Å². The SMILES string of the molecule is CN1N=C(C(=O)NCc2ccc(Oc3ccc(F)cc3)nc2)CCC1=O. The number of halogens is 1. The Kier molecular flexibility index (Phi) is 5.21. The molecule has 8 heteroatoms. The third kappa shape index (κ3) is 4.41. The summed E-state index contributed by atoms with van der Waals surface area (Å²) in [7, 11) is 1.53. The fourth-order valence-corrected chi connectivity index (χ4v) is 2.32. The van der Waals surface area contributed by atoms with E-state index in [4.69, 9.17) is 4.74 Å². The summed E-state index contributed by atoms with van der Waals surface area (Å²) < 4.78 is 18.4. The van der Waals surface area contributed by atoms with Crippen molar-refractivity contribution in [2.45, 2.75) is 19.4 Å². The van der Waals surface area contributed by atoms with Gasteiger partial charge in [0.05, 0.1) is 0 Å². The van der Waals surface area contributed by atoms with Crippen LogP contribution in [0.15, 0.2) is 47.7 Å². The molecule has 1 aromatic heterocycles. The lowest BCUT2D eigenvalue weighted by atomic mass is 10.1. The van der Waals surface area contributed by atoms with Crippen LogP contribution in [-0.4, -0.2) is 34.6 Å². The lowest BCUT2D eigenvalue weighted by molar-refractivity contribution is -0.130. The number of ether oxygens (including phenoxy) is 1. The van der Waals surface area contributed by atoms with Crippen LogP contribution in [-0.2, 0) is 16.1 Å². The second-order valence-corrected chi connectivity index (χ2v) is 5.71. The van der Waals surface area contributed by atoms with Gasteiger partial charge in [-0.05, 0) is 29.8 Å². The summed E-state index contributed by atoms with van der Waals surface area (Å²) >= 11 is 0. The number of rotatable bonds is 5. The highest BCUT2D eigenvalue weighted by Gasteiger charge is 2.21. The smallest absolute Gasteiger partial charge is 0.267 e. The van der Waals surface area contributed by atoms with E-state index in [0.29, 0.717) is 23.8 Å². The van der Waals surface area contributed by atoms with Gasteiger partial charge in [-0.15, -0.1) is 0 Å². The molecule has 1 aliphatic heterocycles. The Labute approximate surface area is 149 Å². The van der Waals surface area contributed by atoms with Crippen LogP contribution >= 0.6 is 0 Å². The van der Waals surface area contributed by atoms with E-state index >= 15 is 0 Å². The molecule has 2 heterocycles. The summed E-state index contributed by atoms with van der Waals surface area (Å²) in [5.41, 5.74) is 1.11. The number of carbonyl (C=O) groups is 2. The number of nitrogens with zero attached hydrogens (tertiary/aromatic N) is 3. The molecule has 0 radical (unpaired) electrons. The number of hydrogen-bond donors (Lipinski definition) is 1. The first-order valence-electron chi connectivity index (χ1n) is 8.02. The topological polar surface area (TPSA) is 83.9 Å². The van der Waals surface area contributed by atoms with Gasteiger partial charge in [0.15, 0.2) is 0 Å². The van der Waals surface area contributed by atoms with Gasteiger partial charge in [0, 0.05) is 38.7 Å². The highest BCUT2D eigenvalue weighted by molar-refractivity contribution is 6.39. The number of aromatic nitrogens is 1. The van der Waals surface area contributed by atoms with Crippen molar-refractivity contribution >= 4 is 17.5 Å². The molecule has 0 fully saturated rings. The van der Waals surface area contributed by atoms with Crippen LogP contribution in [0.25, 0.3) is 0 Å². The zero-order valence-corrected chi connectivity index (χ0v) is 14.1. The Morgan fingerprint density at radius 3 is 2.65 bits per heavy atom. The van der Waals surface area contributed by atoms with Gasteiger partial charge in [0.25, 0.3) is 5.91 Å². The fraction of sp³-hybridized carbons (Fsp3) is 0.222. The molecule has 2 aromatic rings. The predicted octanol–water partition coefficient (Wildman–Crippen LogP) is 2.24. The van der Waals surface area contributed by atoms with Crippen LogP contribution in [0, 0.1) is 5.82 Å². The van der Waals surface area contributed by atoms with E-state index in [0.717, 1.165) is 5.56 Å². The van der Waals surface area contributed by atoms with E-state index in [1.165, 1.54) is 36.3 Å². The second-order valence-electron chi connectivity index (χ2n) is 5.71. The van der Waals surface area contributed by atoms with Crippen molar-refractivity contribution in [2.75, 3.05) is 7.05 Å². The Bertz CT molecular complexity index is 835. The largest absolute Gasteiger partial charge is 0.439 e. The van der Waals surface area contributed by atoms with Crippen LogP contribution in [0.5, 0.6) is 11.6 Å². The highest BCUT2D eigenvalue weighted by Crippen LogP contribution is 2.19. The van der Waals surface area contributed by atoms with Gasteiger partial charge in [0.1, 0.15) is 17.3 Å². The van der Waals surface area contributed by atoms with Gasteiger partial charge in [-0.1, -0.05) is 6.07 Å². The van der Waals surface area contributed by atoms with Crippen molar-refractivity contribution in [3.63, 3.8) is 0 Å². The molecule has 3 rings (SSSR count). The minimum absolute atomic E-state index is 0.109. The van der Waals surface area contributed by atoms with E-state index in [1.54, 1.807) is 18.3 Å². The van der Waals surface area contributed by atoms with Crippen molar-refractivity contribution in [1.29, 1.82) is 0 Å². The fourth-order valence-electron chi connectivity index (χ4n) is 2.32. The average Bonchev–Trinajstić information content (AvgIpc) is 2.65. The number of hydrazone groups is 1. The molecule has 0 unspecified atom stereocenters. The molecule has 1 aliphatic rings. The lowest BCUT2D eigenvalue weighted by Gasteiger charge is -2.18. The molecule has 2 amide bonds. The third-order valence-corrected chi connectivity index (χ3v) is 3.76. The standard InChI is InChI=1S/C18H17FN4O3/c1-23-17(24)9-7-15(22-23)18(25)21-11-12-2-8-16(20-10-12)26-14-5-3-13(19)4-6-14/h2-6,8,10H,7,9,11H2,1H3,(H,21,25). The van der Waals surface area contributed by atoms with Crippen molar-refractivity contribution in [1.82, 2.24) is 15.3 Å². The van der Waals surface area contributed by atoms with Gasteiger partial charge in [-0.2, -0.15) is 5.10 Å². The molecule has 7 nitrogen and oxygen atoms in total. The van der Waals surface area contributed by atoms with Crippen molar-refractivity contribution in [3.05, 3.63) is 54.0 Å². The first kappa shape index (κ1) is 17.5. The number of carbonyl (C=O) groups excluding carboxylic acids is 2. The average molecular weight is 356 g/mol. The number of nitrogens with one attached hydrogen (secondary N) is 1. The third-order valence-electron chi connectivity index (χ3n) is 3.76. The van der Waals surface area contributed by atoms with Gasteiger partial charge < -0.3 is 10.1 Å². The summed E-state index contributed by atoms with van der Waals surface area (Å²) in [5.74, 6) is 0.0884. The summed E-state index contributed by atoms with van der Waals surface area (Å²) in [6.07, 6.45) is 2.19. The first-order chi connectivity index (χ1) is 12.5. The molecule has 0 aliphatic carbocycles. The van der Waals surface area contributed by atoms with Gasteiger partial charge in [-0.25, -0.2) is 14.4 Å².